The third kappa shape index (κ3) is 2.53. The Kier molecular flexibility index (Phi) is 3.38. The van der Waals surface area contributed by atoms with Crippen molar-refractivity contribution >= 4 is 21.4 Å². The number of benzene rings is 1. The van der Waals surface area contributed by atoms with Gasteiger partial charge < -0.3 is 10.3 Å². The Morgan fingerprint density at radius 3 is 2.67 bits per heavy atom. The van der Waals surface area contributed by atoms with Crippen molar-refractivity contribution in [1.82, 2.24) is 10.1 Å². The number of halogens is 1. The molecule has 1 heterocycles. The number of aromatic nitrogens is 2. The Bertz CT molecular complexity index is 681. The molecule has 1 aromatic heterocycles. The van der Waals surface area contributed by atoms with E-state index in [-0.39, 0.29) is 16.5 Å². The molecule has 0 saturated carbocycles. The predicted octanol–water partition coefficient (Wildman–Crippen LogP) is 1.25. The first-order chi connectivity index (χ1) is 8.41. The van der Waals surface area contributed by atoms with Crippen molar-refractivity contribution in [2.45, 2.75) is 11.4 Å². The van der Waals surface area contributed by atoms with Crippen LogP contribution < -0.4 is 5.73 Å². The largest absolute Gasteiger partial charge is 0.338 e. The highest BCUT2D eigenvalue weighted by atomic mass is 35.5. The van der Waals surface area contributed by atoms with Gasteiger partial charge in [-0.1, -0.05) is 16.8 Å². The van der Waals surface area contributed by atoms with Crippen molar-refractivity contribution in [2.24, 2.45) is 5.73 Å². The number of sulfone groups is 1. The van der Waals surface area contributed by atoms with Gasteiger partial charge in [-0.15, -0.1) is 0 Å². The highest BCUT2D eigenvalue weighted by molar-refractivity contribution is 7.90. The van der Waals surface area contributed by atoms with Gasteiger partial charge in [0, 0.05) is 11.8 Å². The minimum Gasteiger partial charge on any atom is -0.338 e. The van der Waals surface area contributed by atoms with Gasteiger partial charge in [-0.3, -0.25) is 0 Å². The summed E-state index contributed by atoms with van der Waals surface area (Å²) in [5.74, 6) is 0.616. The predicted molar refractivity (Wildman–Crippen MR) is 65.7 cm³/mol. The van der Waals surface area contributed by atoms with Gasteiger partial charge in [0.15, 0.2) is 9.84 Å². The molecule has 0 aliphatic carbocycles. The van der Waals surface area contributed by atoms with E-state index in [9.17, 15) is 8.42 Å². The molecule has 2 N–H and O–H groups in total. The van der Waals surface area contributed by atoms with Gasteiger partial charge in [-0.25, -0.2) is 8.42 Å². The lowest BCUT2D eigenvalue weighted by Crippen LogP contribution is -1.98. The first kappa shape index (κ1) is 13.0. The molecule has 8 heteroatoms. The van der Waals surface area contributed by atoms with Gasteiger partial charge in [0.2, 0.25) is 11.7 Å². The molecule has 0 aliphatic rings. The minimum absolute atomic E-state index is 0.0652. The summed E-state index contributed by atoms with van der Waals surface area (Å²) < 4.78 is 27.7. The summed E-state index contributed by atoms with van der Waals surface area (Å²) in [5.41, 5.74) is 5.92. The lowest BCUT2D eigenvalue weighted by Gasteiger charge is -2.02. The van der Waals surface area contributed by atoms with Gasteiger partial charge in [-0.2, -0.15) is 4.98 Å². The first-order valence-electron chi connectivity index (χ1n) is 4.94. The van der Waals surface area contributed by atoms with Crippen molar-refractivity contribution < 1.29 is 12.9 Å². The van der Waals surface area contributed by atoms with Crippen molar-refractivity contribution in [3.05, 3.63) is 29.1 Å². The quantitative estimate of drug-likeness (QED) is 0.912. The van der Waals surface area contributed by atoms with E-state index in [1.54, 1.807) is 6.07 Å². The molecule has 0 bridgehead atoms. The molecular weight excluding hydrogens is 278 g/mol. The Morgan fingerprint density at radius 2 is 2.17 bits per heavy atom. The zero-order valence-corrected chi connectivity index (χ0v) is 11.0. The molecule has 0 spiro atoms. The monoisotopic (exact) mass is 287 g/mol. The SMILES string of the molecule is CS(=O)(=O)c1ccc(-c2noc(CN)n2)cc1Cl. The average Bonchev–Trinajstić information content (AvgIpc) is 2.75. The van der Waals surface area contributed by atoms with E-state index in [1.165, 1.54) is 12.1 Å². The summed E-state index contributed by atoms with van der Waals surface area (Å²) in [6.45, 7) is 0.141. The van der Waals surface area contributed by atoms with E-state index in [2.05, 4.69) is 10.1 Å². The number of hydrogen-bond donors (Lipinski definition) is 1. The van der Waals surface area contributed by atoms with E-state index < -0.39 is 9.84 Å². The molecule has 2 aromatic rings. The number of rotatable bonds is 3. The van der Waals surface area contributed by atoms with Gasteiger partial charge in [0.25, 0.3) is 0 Å². The molecule has 0 fully saturated rings. The van der Waals surface area contributed by atoms with E-state index >= 15 is 0 Å². The van der Waals surface area contributed by atoms with Crippen LogP contribution in [0.1, 0.15) is 5.89 Å². The van der Waals surface area contributed by atoms with Crippen molar-refractivity contribution in [1.29, 1.82) is 0 Å². The van der Waals surface area contributed by atoms with Crippen molar-refractivity contribution in [3.8, 4) is 11.4 Å². The Morgan fingerprint density at radius 1 is 1.44 bits per heavy atom. The fourth-order valence-electron chi connectivity index (χ4n) is 1.40. The second-order valence-corrected chi connectivity index (χ2v) is 6.02. The van der Waals surface area contributed by atoms with Gasteiger partial charge >= 0.3 is 0 Å². The zero-order chi connectivity index (χ0) is 13.3. The minimum atomic E-state index is -3.35. The molecule has 0 radical (unpaired) electrons. The second-order valence-electron chi connectivity index (χ2n) is 3.63. The fourth-order valence-corrected chi connectivity index (χ4v) is 2.73. The summed E-state index contributed by atoms with van der Waals surface area (Å²) in [4.78, 5) is 4.09. The number of nitrogens with two attached hydrogens (primary N) is 1. The normalized spacial score (nSPS) is 11.7. The molecule has 96 valence electrons. The van der Waals surface area contributed by atoms with Crippen LogP contribution in [0.2, 0.25) is 5.02 Å². The number of nitrogens with zero attached hydrogens (tertiary/aromatic N) is 2. The van der Waals surface area contributed by atoms with Crippen LogP contribution in [0.15, 0.2) is 27.6 Å². The summed E-state index contributed by atoms with van der Waals surface area (Å²) in [6.07, 6.45) is 1.09. The van der Waals surface area contributed by atoms with Crippen LogP contribution >= 0.6 is 11.6 Å². The van der Waals surface area contributed by atoms with E-state index in [0.29, 0.717) is 17.3 Å². The maximum Gasteiger partial charge on any atom is 0.240 e. The molecule has 0 amide bonds. The Hall–Kier alpha value is -1.44. The van der Waals surface area contributed by atoms with Gasteiger partial charge in [-0.05, 0) is 18.2 Å². The standard InChI is InChI=1S/C10H10ClN3O3S/c1-18(15,16)8-3-2-6(4-7(8)11)10-13-9(5-12)17-14-10/h2-4H,5,12H2,1H3. The highest BCUT2D eigenvalue weighted by Crippen LogP contribution is 2.26. The van der Waals surface area contributed by atoms with Crippen LogP contribution in [0.4, 0.5) is 0 Å². The molecule has 6 nitrogen and oxygen atoms in total. The molecule has 18 heavy (non-hydrogen) atoms. The molecule has 0 unspecified atom stereocenters. The van der Waals surface area contributed by atoms with Crippen molar-refractivity contribution in [2.75, 3.05) is 6.26 Å². The Balaban J connectivity index is 2.46. The van der Waals surface area contributed by atoms with Crippen LogP contribution in [-0.4, -0.2) is 24.8 Å². The smallest absolute Gasteiger partial charge is 0.240 e. The van der Waals surface area contributed by atoms with Crippen LogP contribution in [0.3, 0.4) is 0 Å². The van der Waals surface area contributed by atoms with E-state index in [4.69, 9.17) is 21.9 Å². The third-order valence-corrected chi connectivity index (χ3v) is 3.81. The first-order valence-corrected chi connectivity index (χ1v) is 7.21. The van der Waals surface area contributed by atoms with Crippen molar-refractivity contribution in [3.63, 3.8) is 0 Å². The summed E-state index contributed by atoms with van der Waals surface area (Å²) >= 11 is 5.91. The lowest BCUT2D eigenvalue weighted by atomic mass is 10.2. The average molecular weight is 288 g/mol. The summed E-state index contributed by atoms with van der Waals surface area (Å²) in [6, 6.07) is 4.45. The maximum absolute atomic E-state index is 11.4. The molecule has 1 aromatic carbocycles. The molecular formula is C10H10ClN3O3S. The maximum atomic E-state index is 11.4. The fraction of sp³-hybridized carbons (Fsp3) is 0.200. The van der Waals surface area contributed by atoms with Crippen LogP contribution in [0.5, 0.6) is 0 Å². The summed E-state index contributed by atoms with van der Waals surface area (Å²) in [7, 11) is -3.35. The van der Waals surface area contributed by atoms with E-state index in [1.807, 2.05) is 0 Å². The van der Waals surface area contributed by atoms with Crippen LogP contribution in [0.25, 0.3) is 11.4 Å². The zero-order valence-electron chi connectivity index (χ0n) is 9.42. The number of hydrogen-bond acceptors (Lipinski definition) is 6. The summed E-state index contributed by atoms with van der Waals surface area (Å²) in [5, 5.41) is 3.84. The van der Waals surface area contributed by atoms with Gasteiger partial charge in [0.05, 0.1) is 16.5 Å². The van der Waals surface area contributed by atoms with Gasteiger partial charge in [0.1, 0.15) is 0 Å². The molecule has 2 rings (SSSR count). The topological polar surface area (TPSA) is 99.1 Å². The van der Waals surface area contributed by atoms with Crippen LogP contribution in [-0.2, 0) is 16.4 Å². The second kappa shape index (κ2) is 4.68. The lowest BCUT2D eigenvalue weighted by molar-refractivity contribution is 0.380. The molecule has 0 saturated heterocycles. The Labute approximate surface area is 109 Å². The molecule has 0 aliphatic heterocycles. The highest BCUT2D eigenvalue weighted by Gasteiger charge is 2.15. The van der Waals surface area contributed by atoms with Crippen LogP contribution in [0, 0.1) is 0 Å². The molecule has 0 atom stereocenters. The van der Waals surface area contributed by atoms with E-state index in [0.717, 1.165) is 6.26 Å². The third-order valence-electron chi connectivity index (χ3n) is 2.23.